The molecular weight excluding hydrogens is 174 g/mol. The lowest BCUT2D eigenvalue weighted by Gasteiger charge is -2.09. The van der Waals surface area contributed by atoms with Crippen LogP contribution < -0.4 is 16.8 Å². The Balaban J connectivity index is 3.56. The summed E-state index contributed by atoms with van der Waals surface area (Å²) in [6.45, 7) is 1.78. The highest BCUT2D eigenvalue weighted by atomic mass is 16.4. The smallest absolute Gasteiger partial charge is 0.320 e. The molecule has 76 valence electrons. The number of rotatable bonds is 5. The Hall–Kier alpha value is -1.14. The number of carbonyl (C=O) groups is 2. The summed E-state index contributed by atoms with van der Waals surface area (Å²) < 4.78 is 0. The van der Waals surface area contributed by atoms with E-state index in [0.29, 0.717) is 0 Å². The van der Waals surface area contributed by atoms with E-state index in [0.717, 1.165) is 0 Å². The second-order valence-electron chi connectivity index (χ2n) is 2.81. The van der Waals surface area contributed by atoms with Crippen molar-refractivity contribution >= 4 is 11.9 Å². The van der Waals surface area contributed by atoms with Crippen molar-refractivity contribution in [2.45, 2.75) is 25.4 Å². The fourth-order valence-corrected chi connectivity index (χ4v) is 0.635. The Morgan fingerprint density at radius 3 is 2.38 bits per heavy atom. The van der Waals surface area contributed by atoms with E-state index in [2.05, 4.69) is 5.32 Å². The predicted octanol–water partition coefficient (Wildman–Crippen LogP) is -1.75. The number of hydrogen-bond acceptors (Lipinski definition) is 4. The number of nitrogens with one attached hydrogen (secondary N) is 1. The lowest BCUT2D eigenvalue weighted by Crippen LogP contribution is -2.41. The van der Waals surface area contributed by atoms with E-state index in [1.165, 1.54) is 0 Å². The van der Waals surface area contributed by atoms with Gasteiger partial charge in [-0.15, -0.1) is 0 Å². The molecule has 6 nitrogen and oxygen atoms in total. The van der Waals surface area contributed by atoms with Gasteiger partial charge in [0.1, 0.15) is 6.04 Å². The number of carbonyl (C=O) groups excluding carboxylic acids is 1. The Morgan fingerprint density at radius 2 is 2.00 bits per heavy atom. The van der Waals surface area contributed by atoms with Gasteiger partial charge in [0.05, 0.1) is 6.04 Å². The summed E-state index contributed by atoms with van der Waals surface area (Å²) in [6.07, 6.45) is 0.202. The van der Waals surface area contributed by atoms with Crippen LogP contribution in [0.4, 0.5) is 0 Å². The van der Waals surface area contributed by atoms with Gasteiger partial charge in [0, 0.05) is 6.54 Å². The first-order valence-electron chi connectivity index (χ1n) is 3.97. The summed E-state index contributed by atoms with van der Waals surface area (Å²) in [5.41, 5.74) is 10.4. The van der Waals surface area contributed by atoms with Crippen molar-refractivity contribution in [2.24, 2.45) is 11.5 Å². The molecule has 0 saturated heterocycles. The molecule has 6 heteroatoms. The van der Waals surface area contributed by atoms with E-state index in [1.807, 2.05) is 0 Å². The van der Waals surface area contributed by atoms with Crippen molar-refractivity contribution in [1.82, 2.24) is 5.32 Å². The number of nitrogens with two attached hydrogens (primary N) is 2. The van der Waals surface area contributed by atoms with E-state index in [1.54, 1.807) is 6.92 Å². The minimum atomic E-state index is -1.07. The van der Waals surface area contributed by atoms with E-state index in [9.17, 15) is 9.59 Å². The van der Waals surface area contributed by atoms with Gasteiger partial charge in [-0.3, -0.25) is 9.59 Å². The number of carboxylic acids is 1. The molecule has 0 aromatic heterocycles. The minimum Gasteiger partial charge on any atom is -0.480 e. The van der Waals surface area contributed by atoms with E-state index < -0.39 is 18.1 Å². The van der Waals surface area contributed by atoms with E-state index in [-0.39, 0.29) is 18.9 Å². The van der Waals surface area contributed by atoms with Crippen LogP contribution in [-0.4, -0.2) is 35.6 Å². The van der Waals surface area contributed by atoms with E-state index in [4.69, 9.17) is 16.6 Å². The standard InChI is InChI=1S/C7H15N3O3/c1-4(8)6(11)10-3-2-5(9)7(12)13/h4-5H,2-3,8-9H2,1H3,(H,10,11)(H,12,13). The van der Waals surface area contributed by atoms with Crippen molar-refractivity contribution in [3.05, 3.63) is 0 Å². The van der Waals surface area contributed by atoms with Gasteiger partial charge in [0.25, 0.3) is 0 Å². The lowest BCUT2D eigenvalue weighted by molar-refractivity contribution is -0.138. The fraction of sp³-hybridized carbons (Fsp3) is 0.714. The molecule has 1 amide bonds. The molecule has 2 atom stereocenters. The Kier molecular flexibility index (Phi) is 5.01. The van der Waals surface area contributed by atoms with Crippen molar-refractivity contribution in [1.29, 1.82) is 0 Å². The minimum absolute atomic E-state index is 0.202. The van der Waals surface area contributed by atoms with Crippen LogP contribution >= 0.6 is 0 Å². The van der Waals surface area contributed by atoms with Crippen LogP contribution in [0.2, 0.25) is 0 Å². The maximum Gasteiger partial charge on any atom is 0.320 e. The topological polar surface area (TPSA) is 118 Å². The fourth-order valence-electron chi connectivity index (χ4n) is 0.635. The molecule has 0 heterocycles. The molecule has 0 rings (SSSR count). The molecule has 13 heavy (non-hydrogen) atoms. The predicted molar refractivity (Wildman–Crippen MR) is 46.9 cm³/mol. The summed E-state index contributed by atoms with van der Waals surface area (Å²) in [5.74, 6) is -1.38. The SMILES string of the molecule is CC(N)C(=O)NCCC(N)C(=O)O. The molecule has 0 aromatic carbocycles. The molecule has 0 fully saturated rings. The van der Waals surface area contributed by atoms with Crippen molar-refractivity contribution < 1.29 is 14.7 Å². The van der Waals surface area contributed by atoms with Gasteiger partial charge >= 0.3 is 5.97 Å². The molecule has 0 aliphatic rings. The number of carboxylic acid groups (broad SMARTS) is 1. The normalized spacial score (nSPS) is 14.7. The Bertz CT molecular complexity index is 193. The second kappa shape index (κ2) is 5.50. The van der Waals surface area contributed by atoms with Gasteiger partial charge in [-0.25, -0.2) is 0 Å². The zero-order chi connectivity index (χ0) is 10.4. The van der Waals surface area contributed by atoms with Gasteiger partial charge < -0.3 is 21.9 Å². The number of aliphatic carboxylic acids is 1. The third kappa shape index (κ3) is 5.15. The average Bonchev–Trinajstić information content (AvgIpc) is 2.03. The summed E-state index contributed by atoms with van der Waals surface area (Å²) >= 11 is 0. The molecule has 0 bridgehead atoms. The van der Waals surface area contributed by atoms with Crippen LogP contribution in [0.1, 0.15) is 13.3 Å². The molecule has 0 aromatic rings. The van der Waals surface area contributed by atoms with Crippen LogP contribution in [0.3, 0.4) is 0 Å². The van der Waals surface area contributed by atoms with Crippen LogP contribution in [0, 0.1) is 0 Å². The summed E-state index contributed by atoms with van der Waals surface area (Å²) in [6, 6.07) is -1.52. The first-order valence-corrected chi connectivity index (χ1v) is 3.97. The zero-order valence-corrected chi connectivity index (χ0v) is 7.49. The van der Waals surface area contributed by atoms with Crippen LogP contribution in [0.15, 0.2) is 0 Å². The highest BCUT2D eigenvalue weighted by Crippen LogP contribution is 1.86. The van der Waals surface area contributed by atoms with Crippen molar-refractivity contribution in [2.75, 3.05) is 6.54 Å². The summed E-state index contributed by atoms with van der Waals surface area (Å²) in [7, 11) is 0. The molecular formula is C7H15N3O3. The van der Waals surface area contributed by atoms with Gasteiger partial charge in [-0.2, -0.15) is 0 Å². The molecule has 0 aliphatic heterocycles. The Labute approximate surface area is 76.3 Å². The average molecular weight is 189 g/mol. The largest absolute Gasteiger partial charge is 0.480 e. The molecule has 2 unspecified atom stereocenters. The first-order chi connectivity index (χ1) is 5.95. The molecule has 0 saturated carbocycles. The third-order valence-electron chi connectivity index (χ3n) is 1.49. The first kappa shape index (κ1) is 11.9. The maximum atomic E-state index is 10.9. The van der Waals surface area contributed by atoms with Crippen LogP contribution in [0.25, 0.3) is 0 Å². The molecule has 0 aliphatic carbocycles. The molecule has 6 N–H and O–H groups in total. The molecule has 0 spiro atoms. The van der Waals surface area contributed by atoms with Gasteiger partial charge in [-0.05, 0) is 13.3 Å². The summed E-state index contributed by atoms with van der Waals surface area (Å²) in [4.78, 5) is 21.1. The third-order valence-corrected chi connectivity index (χ3v) is 1.49. The monoisotopic (exact) mass is 189 g/mol. The Morgan fingerprint density at radius 1 is 1.46 bits per heavy atom. The van der Waals surface area contributed by atoms with Gasteiger partial charge in [-0.1, -0.05) is 0 Å². The highest BCUT2D eigenvalue weighted by Gasteiger charge is 2.12. The van der Waals surface area contributed by atoms with Crippen LogP contribution in [-0.2, 0) is 9.59 Å². The van der Waals surface area contributed by atoms with Gasteiger partial charge in [0.15, 0.2) is 0 Å². The van der Waals surface area contributed by atoms with Crippen molar-refractivity contribution in [3.63, 3.8) is 0 Å². The highest BCUT2D eigenvalue weighted by molar-refractivity contribution is 5.81. The van der Waals surface area contributed by atoms with Crippen LogP contribution in [0.5, 0.6) is 0 Å². The molecule has 0 radical (unpaired) electrons. The summed E-state index contributed by atoms with van der Waals surface area (Å²) in [5, 5.41) is 10.9. The number of hydrogen-bond donors (Lipinski definition) is 4. The zero-order valence-electron chi connectivity index (χ0n) is 7.49. The lowest BCUT2D eigenvalue weighted by atomic mass is 10.2. The van der Waals surface area contributed by atoms with Crippen molar-refractivity contribution in [3.8, 4) is 0 Å². The van der Waals surface area contributed by atoms with E-state index >= 15 is 0 Å². The number of amides is 1. The van der Waals surface area contributed by atoms with Gasteiger partial charge in [0.2, 0.25) is 5.91 Å². The quantitative estimate of drug-likeness (QED) is 0.409. The maximum absolute atomic E-state index is 10.9. The second-order valence-corrected chi connectivity index (χ2v) is 2.81.